The zero-order valence-electron chi connectivity index (χ0n) is 15.4. The highest BCUT2D eigenvalue weighted by Gasteiger charge is 2.30. The van der Waals surface area contributed by atoms with E-state index in [1.54, 1.807) is 0 Å². The van der Waals surface area contributed by atoms with Gasteiger partial charge in [-0.2, -0.15) is 0 Å². The Balaban J connectivity index is 2.42. The third-order valence-electron chi connectivity index (χ3n) is 3.52. The van der Waals surface area contributed by atoms with E-state index in [2.05, 4.69) is 19.6 Å². The number of rotatable bonds is 8. The molecule has 1 unspecified atom stereocenters. The number of anilines is 1. The number of benzene rings is 2. The van der Waals surface area contributed by atoms with E-state index in [1.807, 2.05) is 72.7 Å². The summed E-state index contributed by atoms with van der Waals surface area (Å²) in [6, 6.07) is 19.6. The maximum atomic E-state index is 12.2. The molecule has 0 aromatic heterocycles. The number of ether oxygens (including phenoxy) is 1. The maximum absolute atomic E-state index is 12.2. The molecule has 2 rings (SSSR count). The van der Waals surface area contributed by atoms with Crippen LogP contribution in [0, 0.1) is 0 Å². The molecule has 0 N–H and O–H groups in total. The lowest BCUT2D eigenvalue weighted by Gasteiger charge is -2.37. The molecule has 0 spiro atoms. The molecule has 25 heavy (non-hydrogen) atoms. The Morgan fingerprint density at radius 1 is 1.00 bits per heavy atom. The van der Waals surface area contributed by atoms with Crippen molar-refractivity contribution in [2.75, 3.05) is 11.7 Å². The predicted octanol–water partition coefficient (Wildman–Crippen LogP) is 4.95. The topological polar surface area (TPSA) is 38.8 Å². The molecule has 0 radical (unpaired) electrons. The van der Waals surface area contributed by atoms with Gasteiger partial charge in [0.25, 0.3) is 0 Å². The molecule has 0 saturated heterocycles. The van der Waals surface area contributed by atoms with Crippen LogP contribution in [0.2, 0.25) is 19.6 Å². The molecule has 0 fully saturated rings. The Kier molecular flexibility index (Phi) is 6.79. The van der Waals surface area contributed by atoms with Crippen molar-refractivity contribution in [3.63, 3.8) is 0 Å². The quantitative estimate of drug-likeness (QED) is 0.380. The minimum absolute atomic E-state index is 0.225. The van der Waals surface area contributed by atoms with Gasteiger partial charge in [-0.25, -0.2) is 0 Å². The molecule has 0 saturated carbocycles. The Hall–Kier alpha value is -2.11. The van der Waals surface area contributed by atoms with E-state index in [1.165, 1.54) is 0 Å². The molecule has 0 amide bonds. The fourth-order valence-corrected chi connectivity index (χ4v) is 3.38. The van der Waals surface area contributed by atoms with Crippen molar-refractivity contribution >= 4 is 20.0 Å². The molecule has 134 valence electrons. The van der Waals surface area contributed by atoms with Crippen molar-refractivity contribution in [2.45, 2.75) is 39.0 Å². The smallest absolute Gasteiger partial charge is 0.308 e. The monoisotopic (exact) mass is 357 g/mol. The van der Waals surface area contributed by atoms with E-state index in [4.69, 9.17) is 9.26 Å². The molecule has 1 atom stereocenters. The van der Waals surface area contributed by atoms with E-state index in [0.29, 0.717) is 6.61 Å². The van der Waals surface area contributed by atoms with E-state index >= 15 is 0 Å². The molecular weight excluding hydrogens is 330 g/mol. The first-order valence-corrected chi connectivity index (χ1v) is 12.1. The van der Waals surface area contributed by atoms with Crippen molar-refractivity contribution in [1.82, 2.24) is 0 Å². The summed E-state index contributed by atoms with van der Waals surface area (Å²) in [5.41, 5.74) is 1.96. The van der Waals surface area contributed by atoms with E-state index in [0.717, 1.165) is 11.3 Å². The lowest BCUT2D eigenvalue weighted by atomic mass is 10.0. The van der Waals surface area contributed by atoms with Crippen molar-refractivity contribution in [1.29, 1.82) is 0 Å². The second-order valence-corrected chi connectivity index (χ2v) is 11.2. The fourth-order valence-electron chi connectivity index (χ4n) is 2.56. The van der Waals surface area contributed by atoms with Gasteiger partial charge in [0, 0.05) is 0 Å². The summed E-state index contributed by atoms with van der Waals surface area (Å²) < 4.78 is 11.6. The van der Waals surface area contributed by atoms with Gasteiger partial charge in [-0.05, 0) is 44.3 Å². The lowest BCUT2D eigenvalue weighted by Crippen LogP contribution is -2.40. The summed E-state index contributed by atoms with van der Waals surface area (Å²) in [4.78, 5) is 12.2. The van der Waals surface area contributed by atoms with Crippen molar-refractivity contribution < 1.29 is 14.1 Å². The Morgan fingerprint density at radius 2 is 1.56 bits per heavy atom. The molecule has 0 aliphatic heterocycles. The minimum atomic E-state index is -1.89. The first-order chi connectivity index (χ1) is 11.9. The SMILES string of the molecule is CCOC(=O)CC(c1ccccc1)N(O[Si](C)(C)C)c1ccccc1. The molecule has 0 aliphatic rings. The van der Waals surface area contributed by atoms with Gasteiger partial charge in [0.05, 0.1) is 24.8 Å². The Bertz CT molecular complexity index is 656. The van der Waals surface area contributed by atoms with Crippen LogP contribution in [0.3, 0.4) is 0 Å². The van der Waals surface area contributed by atoms with Gasteiger partial charge in [0.1, 0.15) is 0 Å². The van der Waals surface area contributed by atoms with Gasteiger partial charge in [0.2, 0.25) is 8.32 Å². The number of hydroxylamine groups is 1. The highest BCUT2D eigenvalue weighted by molar-refractivity contribution is 6.69. The number of hydrogen-bond donors (Lipinski definition) is 0. The van der Waals surface area contributed by atoms with Crippen LogP contribution in [0.5, 0.6) is 0 Å². The van der Waals surface area contributed by atoms with Gasteiger partial charge >= 0.3 is 5.97 Å². The second kappa shape index (κ2) is 8.83. The second-order valence-electron chi connectivity index (χ2n) is 6.80. The predicted molar refractivity (Wildman–Crippen MR) is 104 cm³/mol. The summed E-state index contributed by atoms with van der Waals surface area (Å²) in [5, 5.41) is 1.89. The molecule has 2 aromatic rings. The average Bonchev–Trinajstić information content (AvgIpc) is 2.59. The first kappa shape index (κ1) is 19.2. The van der Waals surface area contributed by atoms with Crippen LogP contribution in [-0.2, 0) is 14.1 Å². The zero-order chi connectivity index (χ0) is 18.3. The third-order valence-corrected chi connectivity index (χ3v) is 4.26. The van der Waals surface area contributed by atoms with Crippen LogP contribution in [0.25, 0.3) is 0 Å². The van der Waals surface area contributed by atoms with Gasteiger partial charge in [-0.15, -0.1) is 0 Å². The fraction of sp³-hybridized carbons (Fsp3) is 0.350. The molecule has 5 heteroatoms. The third kappa shape index (κ3) is 6.03. The molecule has 0 aliphatic carbocycles. The largest absolute Gasteiger partial charge is 0.466 e. The van der Waals surface area contributed by atoms with Crippen molar-refractivity contribution in [2.24, 2.45) is 0 Å². The van der Waals surface area contributed by atoms with Crippen molar-refractivity contribution in [3.05, 3.63) is 66.2 Å². The number of nitrogens with zero attached hydrogens (tertiary/aromatic N) is 1. The van der Waals surface area contributed by atoms with Crippen LogP contribution in [0.4, 0.5) is 5.69 Å². The standard InChI is InChI=1S/C20H27NO3Si/c1-5-23-20(22)16-19(17-12-8-6-9-13-17)21(24-25(2,3)4)18-14-10-7-11-15-18/h6-15,19H,5,16H2,1-4H3. The summed E-state index contributed by atoms with van der Waals surface area (Å²) >= 11 is 0. The van der Waals surface area contributed by atoms with Crippen LogP contribution < -0.4 is 5.06 Å². The Morgan fingerprint density at radius 3 is 2.08 bits per heavy atom. The van der Waals surface area contributed by atoms with Crippen LogP contribution in [-0.4, -0.2) is 20.9 Å². The maximum Gasteiger partial charge on any atom is 0.308 e. The summed E-state index contributed by atoms with van der Waals surface area (Å²) in [6.45, 7) is 8.60. The summed E-state index contributed by atoms with van der Waals surface area (Å²) in [5.74, 6) is -0.225. The number of carbonyl (C=O) groups excluding carboxylic acids is 1. The molecule has 2 aromatic carbocycles. The van der Waals surface area contributed by atoms with Gasteiger partial charge in [0.15, 0.2) is 0 Å². The normalized spacial score (nSPS) is 12.5. The molecule has 4 nitrogen and oxygen atoms in total. The molecular formula is C20H27NO3Si. The van der Waals surface area contributed by atoms with Crippen LogP contribution in [0.1, 0.15) is 24.9 Å². The lowest BCUT2D eigenvalue weighted by molar-refractivity contribution is -0.143. The number of esters is 1. The van der Waals surface area contributed by atoms with Crippen LogP contribution in [0.15, 0.2) is 60.7 Å². The highest BCUT2D eigenvalue weighted by Crippen LogP contribution is 2.32. The van der Waals surface area contributed by atoms with Gasteiger partial charge in [-0.1, -0.05) is 48.5 Å². The molecule has 0 bridgehead atoms. The number of para-hydroxylation sites is 1. The number of hydrogen-bond acceptors (Lipinski definition) is 4. The van der Waals surface area contributed by atoms with Crippen molar-refractivity contribution in [3.8, 4) is 0 Å². The zero-order valence-corrected chi connectivity index (χ0v) is 16.4. The summed E-state index contributed by atoms with van der Waals surface area (Å²) in [6.07, 6.45) is 0.233. The van der Waals surface area contributed by atoms with Crippen LogP contribution >= 0.6 is 0 Å². The van der Waals surface area contributed by atoms with E-state index < -0.39 is 8.32 Å². The number of carbonyl (C=O) groups is 1. The highest BCUT2D eigenvalue weighted by atomic mass is 28.4. The van der Waals surface area contributed by atoms with E-state index in [-0.39, 0.29) is 18.4 Å². The summed E-state index contributed by atoms with van der Waals surface area (Å²) in [7, 11) is -1.89. The van der Waals surface area contributed by atoms with Gasteiger partial charge in [-0.3, -0.25) is 9.86 Å². The average molecular weight is 358 g/mol. The first-order valence-electron chi connectivity index (χ1n) is 8.64. The minimum Gasteiger partial charge on any atom is -0.466 e. The Labute approximate surface area is 151 Å². The van der Waals surface area contributed by atoms with Gasteiger partial charge < -0.3 is 9.26 Å². The molecule has 0 heterocycles. The van der Waals surface area contributed by atoms with E-state index in [9.17, 15) is 4.79 Å².